The summed E-state index contributed by atoms with van der Waals surface area (Å²) in [6, 6.07) is 9.13. The second kappa shape index (κ2) is 6.00. The molecule has 1 aliphatic rings. The predicted molar refractivity (Wildman–Crippen MR) is 74.0 cm³/mol. The van der Waals surface area contributed by atoms with Gasteiger partial charge in [0.25, 0.3) is 0 Å². The Morgan fingerprint density at radius 1 is 1.21 bits per heavy atom. The smallest absolute Gasteiger partial charge is 0.216 e. The summed E-state index contributed by atoms with van der Waals surface area (Å²) in [6.07, 6.45) is 1.25. The van der Waals surface area contributed by atoms with Crippen LogP contribution in [-0.2, 0) is 20.5 Å². The van der Waals surface area contributed by atoms with Crippen LogP contribution in [0.5, 0.6) is 0 Å². The van der Waals surface area contributed by atoms with Crippen molar-refractivity contribution in [1.29, 1.82) is 0 Å². The van der Waals surface area contributed by atoms with E-state index in [0.717, 1.165) is 5.56 Å². The van der Waals surface area contributed by atoms with Crippen LogP contribution >= 0.6 is 0 Å². The zero-order valence-electron chi connectivity index (χ0n) is 10.8. The van der Waals surface area contributed by atoms with Gasteiger partial charge < -0.3 is 10.5 Å². The number of hydrogen-bond acceptors (Lipinski definition) is 4. The molecule has 1 aromatic carbocycles. The molecular formula is C13H20N2O3S. The Morgan fingerprint density at radius 2 is 1.84 bits per heavy atom. The third-order valence-electron chi connectivity index (χ3n) is 3.41. The van der Waals surface area contributed by atoms with Gasteiger partial charge in [-0.05, 0) is 18.4 Å². The standard InChI is InChI=1S/C13H20N2O3S/c14-11-13(6-8-18-9-7-13)15-19(16,17)10-12-4-2-1-3-5-12/h1-5,15H,6-11,14H2. The molecule has 0 aromatic heterocycles. The first-order chi connectivity index (χ1) is 9.05. The molecule has 1 saturated heterocycles. The number of hydrogen-bond donors (Lipinski definition) is 2. The average molecular weight is 284 g/mol. The van der Waals surface area contributed by atoms with Gasteiger partial charge in [-0.2, -0.15) is 0 Å². The van der Waals surface area contributed by atoms with Gasteiger partial charge in [-0.1, -0.05) is 30.3 Å². The Labute approximate surface area is 114 Å². The summed E-state index contributed by atoms with van der Waals surface area (Å²) < 4.78 is 32.5. The highest BCUT2D eigenvalue weighted by atomic mass is 32.2. The highest BCUT2D eigenvalue weighted by Crippen LogP contribution is 2.21. The summed E-state index contributed by atoms with van der Waals surface area (Å²) in [5.41, 5.74) is 5.98. The van der Waals surface area contributed by atoms with Gasteiger partial charge in [-0.25, -0.2) is 13.1 Å². The van der Waals surface area contributed by atoms with E-state index in [9.17, 15) is 8.42 Å². The van der Waals surface area contributed by atoms with Crippen LogP contribution in [0, 0.1) is 0 Å². The average Bonchev–Trinajstić information content (AvgIpc) is 2.40. The minimum absolute atomic E-state index is 0.0174. The highest BCUT2D eigenvalue weighted by molar-refractivity contribution is 7.88. The summed E-state index contributed by atoms with van der Waals surface area (Å²) >= 11 is 0. The second-order valence-electron chi connectivity index (χ2n) is 4.94. The van der Waals surface area contributed by atoms with E-state index in [4.69, 9.17) is 10.5 Å². The van der Waals surface area contributed by atoms with Crippen LogP contribution < -0.4 is 10.5 Å². The van der Waals surface area contributed by atoms with Crippen molar-refractivity contribution in [3.63, 3.8) is 0 Å². The molecule has 1 fully saturated rings. The van der Waals surface area contributed by atoms with Gasteiger partial charge in [-0.15, -0.1) is 0 Å². The lowest BCUT2D eigenvalue weighted by atomic mass is 9.92. The number of sulfonamides is 1. The van der Waals surface area contributed by atoms with E-state index >= 15 is 0 Å². The molecule has 5 nitrogen and oxygen atoms in total. The SMILES string of the molecule is NCC1(NS(=O)(=O)Cc2ccccc2)CCOCC1. The molecule has 0 saturated carbocycles. The van der Waals surface area contributed by atoms with E-state index in [1.54, 1.807) is 12.1 Å². The summed E-state index contributed by atoms with van der Waals surface area (Å²) in [4.78, 5) is 0. The number of nitrogens with one attached hydrogen (secondary N) is 1. The topological polar surface area (TPSA) is 81.4 Å². The summed E-state index contributed by atoms with van der Waals surface area (Å²) in [5, 5.41) is 0. The minimum atomic E-state index is -3.39. The van der Waals surface area contributed by atoms with E-state index in [2.05, 4.69) is 4.72 Å². The van der Waals surface area contributed by atoms with Crippen molar-refractivity contribution in [2.75, 3.05) is 19.8 Å². The minimum Gasteiger partial charge on any atom is -0.381 e. The van der Waals surface area contributed by atoms with Crippen LogP contribution in [0.15, 0.2) is 30.3 Å². The highest BCUT2D eigenvalue weighted by Gasteiger charge is 2.35. The van der Waals surface area contributed by atoms with Gasteiger partial charge in [0.2, 0.25) is 10.0 Å². The number of ether oxygens (including phenoxy) is 1. The van der Waals surface area contributed by atoms with Crippen molar-refractivity contribution in [2.24, 2.45) is 5.73 Å². The van der Waals surface area contributed by atoms with Gasteiger partial charge >= 0.3 is 0 Å². The van der Waals surface area contributed by atoms with E-state index in [1.807, 2.05) is 18.2 Å². The first-order valence-electron chi connectivity index (χ1n) is 6.39. The fourth-order valence-corrected chi connectivity index (χ4v) is 3.92. The maximum Gasteiger partial charge on any atom is 0.216 e. The lowest BCUT2D eigenvalue weighted by molar-refractivity contribution is 0.0502. The molecule has 6 heteroatoms. The largest absolute Gasteiger partial charge is 0.381 e. The molecule has 0 atom stereocenters. The molecule has 19 heavy (non-hydrogen) atoms. The zero-order valence-corrected chi connectivity index (χ0v) is 11.7. The van der Waals surface area contributed by atoms with E-state index in [0.29, 0.717) is 32.6 Å². The zero-order chi connectivity index (χ0) is 13.8. The van der Waals surface area contributed by atoms with Crippen LogP contribution in [0.3, 0.4) is 0 Å². The van der Waals surface area contributed by atoms with Crippen molar-refractivity contribution >= 4 is 10.0 Å². The molecule has 1 aliphatic heterocycles. The van der Waals surface area contributed by atoms with Crippen molar-refractivity contribution in [2.45, 2.75) is 24.1 Å². The first-order valence-corrected chi connectivity index (χ1v) is 8.04. The molecule has 0 amide bonds. The fourth-order valence-electron chi connectivity index (χ4n) is 2.27. The van der Waals surface area contributed by atoms with Crippen molar-refractivity contribution < 1.29 is 13.2 Å². The Morgan fingerprint density at radius 3 is 2.42 bits per heavy atom. The van der Waals surface area contributed by atoms with E-state index in [-0.39, 0.29) is 5.75 Å². The summed E-state index contributed by atoms with van der Waals surface area (Å²) in [5.74, 6) is -0.0174. The molecule has 2 rings (SSSR count). The van der Waals surface area contributed by atoms with Crippen LogP contribution in [0.1, 0.15) is 18.4 Å². The predicted octanol–water partition coefficient (Wildman–Crippen LogP) is 0.614. The first kappa shape index (κ1) is 14.5. The molecule has 0 radical (unpaired) electrons. The van der Waals surface area contributed by atoms with Crippen LogP contribution in [-0.4, -0.2) is 33.7 Å². The maximum absolute atomic E-state index is 12.2. The maximum atomic E-state index is 12.2. The van der Waals surface area contributed by atoms with Gasteiger partial charge in [0.05, 0.1) is 5.75 Å². The molecule has 1 aromatic rings. The van der Waals surface area contributed by atoms with E-state index < -0.39 is 15.6 Å². The van der Waals surface area contributed by atoms with Crippen LogP contribution in [0.2, 0.25) is 0 Å². The molecular weight excluding hydrogens is 264 g/mol. The van der Waals surface area contributed by atoms with Gasteiger partial charge in [-0.3, -0.25) is 0 Å². The van der Waals surface area contributed by atoms with E-state index in [1.165, 1.54) is 0 Å². The lowest BCUT2D eigenvalue weighted by Gasteiger charge is -2.36. The third-order valence-corrected chi connectivity index (χ3v) is 4.87. The van der Waals surface area contributed by atoms with Gasteiger partial charge in [0.1, 0.15) is 0 Å². The summed E-state index contributed by atoms with van der Waals surface area (Å²) in [6.45, 7) is 1.39. The molecule has 3 N–H and O–H groups in total. The number of nitrogens with two attached hydrogens (primary N) is 1. The number of benzene rings is 1. The Balaban J connectivity index is 2.07. The summed E-state index contributed by atoms with van der Waals surface area (Å²) in [7, 11) is -3.39. The second-order valence-corrected chi connectivity index (χ2v) is 6.67. The van der Waals surface area contributed by atoms with Crippen molar-refractivity contribution in [3.05, 3.63) is 35.9 Å². The Kier molecular flexibility index (Phi) is 4.57. The molecule has 0 bridgehead atoms. The number of rotatable bonds is 5. The van der Waals surface area contributed by atoms with Crippen molar-refractivity contribution in [1.82, 2.24) is 4.72 Å². The van der Waals surface area contributed by atoms with Crippen LogP contribution in [0.4, 0.5) is 0 Å². The van der Waals surface area contributed by atoms with Gasteiger partial charge in [0, 0.05) is 25.3 Å². The Hall–Kier alpha value is -0.950. The van der Waals surface area contributed by atoms with Gasteiger partial charge in [0.15, 0.2) is 0 Å². The quantitative estimate of drug-likeness (QED) is 0.830. The molecule has 1 heterocycles. The lowest BCUT2D eigenvalue weighted by Crippen LogP contribution is -2.56. The molecule has 0 aliphatic carbocycles. The molecule has 0 spiro atoms. The normalized spacial score (nSPS) is 19.2. The van der Waals surface area contributed by atoms with Crippen LogP contribution in [0.25, 0.3) is 0 Å². The van der Waals surface area contributed by atoms with Crippen molar-refractivity contribution in [3.8, 4) is 0 Å². The third kappa shape index (κ3) is 4.01. The molecule has 106 valence electrons. The Bertz CT molecular complexity index is 496. The monoisotopic (exact) mass is 284 g/mol. The molecule has 0 unspecified atom stereocenters. The fraction of sp³-hybridized carbons (Fsp3) is 0.538.